The van der Waals surface area contributed by atoms with Gasteiger partial charge in [0.25, 0.3) is 0 Å². The highest BCUT2D eigenvalue weighted by molar-refractivity contribution is 5.92. The van der Waals surface area contributed by atoms with E-state index in [1.165, 1.54) is 0 Å². The lowest BCUT2D eigenvalue weighted by Gasteiger charge is -2.26. The second-order valence-corrected chi connectivity index (χ2v) is 6.62. The van der Waals surface area contributed by atoms with Gasteiger partial charge in [-0.2, -0.15) is 5.10 Å². The van der Waals surface area contributed by atoms with Gasteiger partial charge in [-0.1, -0.05) is 0 Å². The van der Waals surface area contributed by atoms with Gasteiger partial charge >= 0.3 is 0 Å². The van der Waals surface area contributed by atoms with E-state index < -0.39 is 0 Å². The minimum absolute atomic E-state index is 0.187. The Hall–Kier alpha value is -2.41. The van der Waals surface area contributed by atoms with Crippen LogP contribution >= 0.6 is 0 Å². The van der Waals surface area contributed by atoms with Crippen molar-refractivity contribution in [1.82, 2.24) is 19.7 Å². The fraction of sp³-hybridized carbons (Fsp3) is 0.500. The molecule has 7 heteroatoms. The van der Waals surface area contributed by atoms with Crippen LogP contribution in [0.3, 0.4) is 0 Å². The normalized spacial score (nSPS) is 20.9. The number of aryl methyl sites for hydroxylation is 1. The maximum Gasteiger partial charge on any atom is 0.191 e. The smallest absolute Gasteiger partial charge is 0.191 e. The molecule has 3 heterocycles. The van der Waals surface area contributed by atoms with Gasteiger partial charge in [0, 0.05) is 31.1 Å². The van der Waals surface area contributed by atoms with Crippen LogP contribution in [-0.2, 0) is 0 Å². The monoisotopic (exact) mass is 341 g/mol. The van der Waals surface area contributed by atoms with Crippen molar-refractivity contribution < 1.29 is 9.52 Å². The summed E-state index contributed by atoms with van der Waals surface area (Å²) >= 11 is 0. The summed E-state index contributed by atoms with van der Waals surface area (Å²) in [5, 5.41) is 18.9. The second kappa shape index (κ2) is 6.48. The van der Waals surface area contributed by atoms with Gasteiger partial charge in [-0.05, 0) is 32.6 Å². The van der Waals surface area contributed by atoms with Gasteiger partial charge in [0.1, 0.15) is 11.5 Å². The van der Waals surface area contributed by atoms with Crippen molar-refractivity contribution in [1.29, 1.82) is 0 Å². The molecule has 1 aliphatic carbocycles. The zero-order chi connectivity index (χ0) is 17.4. The average molecular weight is 341 g/mol. The Labute approximate surface area is 146 Å². The van der Waals surface area contributed by atoms with Crippen LogP contribution in [0.25, 0.3) is 22.4 Å². The molecule has 0 bridgehead atoms. The van der Waals surface area contributed by atoms with Crippen molar-refractivity contribution in [3.8, 4) is 11.5 Å². The number of nitrogens with zero attached hydrogens (tertiary/aromatic N) is 4. The molecule has 2 N–H and O–H groups in total. The van der Waals surface area contributed by atoms with E-state index in [1.54, 1.807) is 6.20 Å². The molecule has 0 spiro atoms. The van der Waals surface area contributed by atoms with Crippen LogP contribution in [0.4, 0.5) is 5.82 Å². The fourth-order valence-electron chi connectivity index (χ4n) is 3.54. The van der Waals surface area contributed by atoms with Crippen LogP contribution in [0.15, 0.2) is 22.9 Å². The van der Waals surface area contributed by atoms with E-state index in [2.05, 4.69) is 26.9 Å². The number of pyridine rings is 1. The van der Waals surface area contributed by atoms with Crippen LogP contribution in [0.1, 0.15) is 44.5 Å². The minimum atomic E-state index is -0.187. The summed E-state index contributed by atoms with van der Waals surface area (Å²) in [6.07, 6.45) is 6.85. The number of nitrogens with one attached hydrogen (secondary N) is 1. The first-order valence-corrected chi connectivity index (χ1v) is 8.88. The Morgan fingerprint density at radius 3 is 2.72 bits per heavy atom. The van der Waals surface area contributed by atoms with Crippen molar-refractivity contribution in [2.75, 3.05) is 11.9 Å². The summed E-state index contributed by atoms with van der Waals surface area (Å²) in [4.78, 5) is 8.69. The van der Waals surface area contributed by atoms with Crippen molar-refractivity contribution in [3.63, 3.8) is 0 Å². The van der Waals surface area contributed by atoms with E-state index in [0.29, 0.717) is 11.7 Å². The van der Waals surface area contributed by atoms with Crippen molar-refractivity contribution in [2.45, 2.75) is 51.7 Å². The number of fused-ring (bicyclic) bond motifs is 1. The standard InChI is InChI=1S/C18H23N5O2/c1-3-19-17-8-15-14(9-21-17)18(16-10-20-11(2)25-16)22-23(15)12-4-6-13(24)7-5-12/h8-10,12-13,24H,3-7H2,1-2H3,(H,19,21)/t12-,13-. The molecule has 0 saturated heterocycles. The maximum atomic E-state index is 9.81. The highest BCUT2D eigenvalue weighted by Gasteiger charge is 2.25. The van der Waals surface area contributed by atoms with E-state index in [4.69, 9.17) is 9.52 Å². The van der Waals surface area contributed by atoms with Gasteiger partial charge in [-0.25, -0.2) is 9.97 Å². The topological polar surface area (TPSA) is 89.0 Å². The molecule has 0 radical (unpaired) electrons. The van der Waals surface area contributed by atoms with Crippen LogP contribution in [-0.4, -0.2) is 37.5 Å². The molecule has 1 fully saturated rings. The minimum Gasteiger partial charge on any atom is -0.439 e. The van der Waals surface area contributed by atoms with Gasteiger partial charge in [0.2, 0.25) is 0 Å². The third-order valence-corrected chi connectivity index (χ3v) is 4.82. The highest BCUT2D eigenvalue weighted by atomic mass is 16.4. The van der Waals surface area contributed by atoms with Gasteiger partial charge in [-0.3, -0.25) is 4.68 Å². The SMILES string of the molecule is CCNc1cc2c(cn1)c(-c1cnc(C)o1)nn2[C@H]1CC[C@H](O)CC1. The first kappa shape index (κ1) is 16.1. The Bertz CT molecular complexity index is 877. The third-order valence-electron chi connectivity index (χ3n) is 4.82. The number of hydrogen-bond acceptors (Lipinski definition) is 6. The van der Waals surface area contributed by atoms with E-state index in [9.17, 15) is 5.11 Å². The molecule has 132 valence electrons. The molecule has 3 aromatic rings. The number of anilines is 1. The molecule has 4 rings (SSSR count). The van der Waals surface area contributed by atoms with Crippen LogP contribution in [0, 0.1) is 6.92 Å². The molecular formula is C18H23N5O2. The van der Waals surface area contributed by atoms with E-state index >= 15 is 0 Å². The first-order chi connectivity index (χ1) is 12.2. The third kappa shape index (κ3) is 3.00. The summed E-state index contributed by atoms with van der Waals surface area (Å²) in [6, 6.07) is 2.32. The molecule has 0 aliphatic heterocycles. The lowest BCUT2D eigenvalue weighted by molar-refractivity contribution is 0.109. The van der Waals surface area contributed by atoms with Gasteiger partial charge in [0.15, 0.2) is 11.7 Å². The van der Waals surface area contributed by atoms with Crippen LogP contribution in [0.5, 0.6) is 0 Å². The summed E-state index contributed by atoms with van der Waals surface area (Å²) in [5.41, 5.74) is 1.81. The molecule has 25 heavy (non-hydrogen) atoms. The van der Waals surface area contributed by atoms with Gasteiger partial charge in [-0.15, -0.1) is 0 Å². The predicted octanol–water partition coefficient (Wildman–Crippen LogP) is 3.30. The largest absolute Gasteiger partial charge is 0.439 e. The molecule has 1 saturated carbocycles. The van der Waals surface area contributed by atoms with E-state index in [-0.39, 0.29) is 12.1 Å². The Kier molecular flexibility index (Phi) is 4.17. The van der Waals surface area contributed by atoms with Crippen molar-refractivity contribution >= 4 is 16.7 Å². The number of aliphatic hydroxyl groups excluding tert-OH is 1. The van der Waals surface area contributed by atoms with Crippen molar-refractivity contribution in [3.05, 3.63) is 24.4 Å². The molecule has 0 atom stereocenters. The zero-order valence-electron chi connectivity index (χ0n) is 14.6. The van der Waals surface area contributed by atoms with Crippen molar-refractivity contribution in [2.24, 2.45) is 0 Å². The zero-order valence-corrected chi connectivity index (χ0v) is 14.6. The number of hydrogen-bond donors (Lipinski definition) is 2. The molecular weight excluding hydrogens is 318 g/mol. The summed E-state index contributed by atoms with van der Waals surface area (Å²) in [7, 11) is 0. The number of oxazole rings is 1. The number of aromatic nitrogens is 4. The number of rotatable bonds is 4. The van der Waals surface area contributed by atoms with E-state index in [1.807, 2.05) is 19.2 Å². The summed E-state index contributed by atoms with van der Waals surface area (Å²) in [5.74, 6) is 2.12. The molecule has 7 nitrogen and oxygen atoms in total. The Morgan fingerprint density at radius 1 is 1.24 bits per heavy atom. The van der Waals surface area contributed by atoms with Gasteiger partial charge in [0.05, 0.1) is 23.9 Å². The summed E-state index contributed by atoms with van der Waals surface area (Å²) in [6.45, 7) is 4.69. The molecule has 0 aromatic carbocycles. The lowest BCUT2D eigenvalue weighted by Crippen LogP contribution is -2.21. The Balaban J connectivity index is 1.83. The Morgan fingerprint density at radius 2 is 2.04 bits per heavy atom. The van der Waals surface area contributed by atoms with Crippen LogP contribution in [0.2, 0.25) is 0 Å². The fourth-order valence-corrected chi connectivity index (χ4v) is 3.54. The molecule has 0 amide bonds. The average Bonchev–Trinajstić information content (AvgIpc) is 3.19. The highest BCUT2D eigenvalue weighted by Crippen LogP contribution is 2.35. The molecule has 1 aliphatic rings. The first-order valence-electron chi connectivity index (χ1n) is 8.88. The molecule has 0 unspecified atom stereocenters. The number of aliphatic hydroxyl groups is 1. The quantitative estimate of drug-likeness (QED) is 0.757. The summed E-state index contributed by atoms with van der Waals surface area (Å²) < 4.78 is 7.78. The molecule has 3 aromatic heterocycles. The second-order valence-electron chi connectivity index (χ2n) is 6.62. The van der Waals surface area contributed by atoms with Crippen LogP contribution < -0.4 is 5.32 Å². The van der Waals surface area contributed by atoms with E-state index in [0.717, 1.165) is 54.6 Å². The van der Waals surface area contributed by atoms with Gasteiger partial charge < -0.3 is 14.8 Å². The maximum absolute atomic E-state index is 9.81. The lowest BCUT2D eigenvalue weighted by atomic mass is 9.93. The predicted molar refractivity (Wildman–Crippen MR) is 95.4 cm³/mol.